The summed E-state index contributed by atoms with van der Waals surface area (Å²) < 4.78 is 5.56. The molecule has 0 aliphatic heterocycles. The number of hydrogen-bond donors (Lipinski definition) is 3. The van der Waals surface area contributed by atoms with Crippen LogP contribution in [0.1, 0.15) is 48.5 Å². The normalized spacial score (nSPS) is 11.7. The van der Waals surface area contributed by atoms with Gasteiger partial charge >= 0.3 is 5.97 Å². The molecule has 0 atom stereocenters. The maximum absolute atomic E-state index is 12.1. The topological polar surface area (TPSA) is 70.6 Å². The molecule has 2 aromatic carbocycles. The number of rotatable bonds is 5. The van der Waals surface area contributed by atoms with Crippen LogP contribution in [0.5, 0.6) is 11.5 Å². The highest BCUT2D eigenvalue weighted by molar-refractivity contribution is 5.90. The number of phenolic OH excluding ortho intramolecular Hbond substituents is 1. The summed E-state index contributed by atoms with van der Waals surface area (Å²) >= 11 is 0. The third kappa shape index (κ3) is 6.56. The first kappa shape index (κ1) is 22.3. The van der Waals surface area contributed by atoms with Gasteiger partial charge in [-0.2, -0.15) is 0 Å². The van der Waals surface area contributed by atoms with Gasteiger partial charge in [0.2, 0.25) is 0 Å². The molecule has 0 aliphatic rings. The van der Waals surface area contributed by atoms with Crippen LogP contribution in [0.15, 0.2) is 48.6 Å². The predicted octanol–water partition coefficient (Wildman–Crippen LogP) is 5.96. The molecule has 2 aromatic rings. The summed E-state index contributed by atoms with van der Waals surface area (Å²) in [6.45, 7) is 17.5. The molecule has 0 saturated heterocycles. The van der Waals surface area contributed by atoms with Crippen LogP contribution < -0.4 is 15.4 Å². The van der Waals surface area contributed by atoms with E-state index in [4.69, 9.17) is 4.74 Å². The van der Waals surface area contributed by atoms with Crippen molar-refractivity contribution in [1.29, 1.82) is 0 Å². The number of esters is 1. The molecule has 2 rings (SSSR count). The molecular formula is C24H32N2O3. The molecule has 0 spiro atoms. The molecule has 0 bridgehead atoms. The fourth-order valence-corrected chi connectivity index (χ4v) is 2.70. The van der Waals surface area contributed by atoms with E-state index in [9.17, 15) is 9.90 Å². The van der Waals surface area contributed by atoms with E-state index in [1.165, 1.54) is 0 Å². The molecule has 0 aliphatic carbocycles. The fraction of sp³-hybridized carbons (Fsp3) is 0.375. The predicted molar refractivity (Wildman–Crippen MR) is 121 cm³/mol. The van der Waals surface area contributed by atoms with Crippen LogP contribution >= 0.6 is 0 Å². The number of anilines is 2. The largest absolute Gasteiger partial charge is 0.506 e. The lowest BCUT2D eigenvalue weighted by Crippen LogP contribution is -2.26. The van der Waals surface area contributed by atoms with Crippen LogP contribution in [0, 0.1) is 0 Å². The van der Waals surface area contributed by atoms with Crippen molar-refractivity contribution >= 4 is 17.3 Å². The average Bonchev–Trinajstić information content (AvgIpc) is 2.55. The second-order valence-electron chi connectivity index (χ2n) is 9.36. The molecule has 5 nitrogen and oxygen atoms in total. The Morgan fingerprint density at radius 1 is 0.897 bits per heavy atom. The molecule has 0 radical (unpaired) electrons. The molecule has 0 amide bonds. The number of carbonyl (C=O) groups is 1. The molecule has 0 saturated carbocycles. The van der Waals surface area contributed by atoms with Gasteiger partial charge in [-0.15, -0.1) is 0 Å². The van der Waals surface area contributed by atoms with E-state index in [2.05, 4.69) is 17.2 Å². The van der Waals surface area contributed by atoms with Gasteiger partial charge in [-0.25, -0.2) is 4.79 Å². The number of aromatic hydroxyl groups is 1. The lowest BCUT2D eigenvalue weighted by atomic mass is 10.0. The molecule has 0 heterocycles. The van der Waals surface area contributed by atoms with Gasteiger partial charge in [0.25, 0.3) is 0 Å². The number of carbonyl (C=O) groups excluding carboxylic acids is 1. The Bertz CT molecular complexity index is 919. The summed E-state index contributed by atoms with van der Waals surface area (Å²) in [7, 11) is 0. The highest BCUT2D eigenvalue weighted by Crippen LogP contribution is 2.36. The lowest BCUT2D eigenvalue weighted by Gasteiger charge is -2.24. The Balaban J connectivity index is 2.44. The molecule has 0 aromatic heterocycles. The fourth-order valence-electron chi connectivity index (χ4n) is 2.70. The van der Waals surface area contributed by atoms with Crippen LogP contribution in [-0.2, 0) is 4.79 Å². The van der Waals surface area contributed by atoms with Gasteiger partial charge < -0.3 is 20.5 Å². The third-order valence-electron chi connectivity index (χ3n) is 3.88. The van der Waals surface area contributed by atoms with Gasteiger partial charge in [0.1, 0.15) is 5.75 Å². The van der Waals surface area contributed by atoms with E-state index >= 15 is 0 Å². The summed E-state index contributed by atoms with van der Waals surface area (Å²) in [4.78, 5) is 12.1. The average molecular weight is 397 g/mol. The number of benzene rings is 2. The van der Waals surface area contributed by atoms with E-state index in [1.54, 1.807) is 19.1 Å². The Kier molecular flexibility index (Phi) is 6.31. The second-order valence-corrected chi connectivity index (χ2v) is 9.36. The van der Waals surface area contributed by atoms with Crippen molar-refractivity contribution in [2.45, 2.75) is 59.5 Å². The molecular weight excluding hydrogens is 364 g/mol. The summed E-state index contributed by atoms with van der Waals surface area (Å²) in [5, 5.41) is 17.1. The molecule has 3 N–H and O–H groups in total. The van der Waals surface area contributed by atoms with Crippen molar-refractivity contribution < 1.29 is 14.6 Å². The maximum Gasteiger partial charge on any atom is 0.338 e. The first-order chi connectivity index (χ1) is 13.2. The molecule has 0 fully saturated rings. The Labute approximate surface area is 173 Å². The van der Waals surface area contributed by atoms with Gasteiger partial charge in [0.15, 0.2) is 5.75 Å². The van der Waals surface area contributed by atoms with Crippen molar-refractivity contribution in [1.82, 2.24) is 0 Å². The standard InChI is InChI=1S/C24H32N2O3/c1-15(2)22(28)29-21-14-17(10-12-19(21)26-24(6,7)8)16-9-11-18(20(27)13-16)25-23(3,4)5/h9-14,25-27H,1H2,2-8H3. The van der Waals surface area contributed by atoms with Crippen LogP contribution in [0.25, 0.3) is 11.1 Å². The van der Waals surface area contributed by atoms with Crippen molar-refractivity contribution in [2.24, 2.45) is 0 Å². The minimum Gasteiger partial charge on any atom is -0.506 e. The quantitative estimate of drug-likeness (QED) is 0.252. The first-order valence-corrected chi connectivity index (χ1v) is 9.67. The van der Waals surface area contributed by atoms with E-state index in [0.29, 0.717) is 22.7 Å². The molecule has 0 unspecified atom stereocenters. The Morgan fingerprint density at radius 3 is 1.86 bits per heavy atom. The number of phenols is 1. The number of nitrogens with one attached hydrogen (secondary N) is 2. The van der Waals surface area contributed by atoms with Gasteiger partial charge in [-0.3, -0.25) is 0 Å². The van der Waals surface area contributed by atoms with Crippen LogP contribution in [-0.4, -0.2) is 22.2 Å². The Morgan fingerprint density at radius 2 is 1.38 bits per heavy atom. The van der Waals surface area contributed by atoms with E-state index < -0.39 is 5.97 Å². The monoisotopic (exact) mass is 396 g/mol. The third-order valence-corrected chi connectivity index (χ3v) is 3.88. The van der Waals surface area contributed by atoms with Crippen LogP contribution in [0.2, 0.25) is 0 Å². The van der Waals surface area contributed by atoms with Crippen molar-refractivity contribution in [3.8, 4) is 22.6 Å². The number of ether oxygens (including phenoxy) is 1. The smallest absolute Gasteiger partial charge is 0.338 e. The minimum atomic E-state index is -0.480. The zero-order valence-electron chi connectivity index (χ0n) is 18.4. The van der Waals surface area contributed by atoms with Gasteiger partial charge in [0.05, 0.1) is 11.4 Å². The van der Waals surface area contributed by atoms with Crippen molar-refractivity contribution in [3.63, 3.8) is 0 Å². The summed E-state index contributed by atoms with van der Waals surface area (Å²) in [5.41, 5.74) is 2.98. The lowest BCUT2D eigenvalue weighted by molar-refractivity contribution is -0.130. The zero-order valence-corrected chi connectivity index (χ0v) is 18.4. The molecule has 5 heteroatoms. The number of hydrogen-bond acceptors (Lipinski definition) is 5. The first-order valence-electron chi connectivity index (χ1n) is 9.67. The highest BCUT2D eigenvalue weighted by Gasteiger charge is 2.18. The van der Waals surface area contributed by atoms with E-state index in [1.807, 2.05) is 65.8 Å². The van der Waals surface area contributed by atoms with Gasteiger partial charge in [-0.1, -0.05) is 18.7 Å². The van der Waals surface area contributed by atoms with Crippen LogP contribution in [0.4, 0.5) is 11.4 Å². The van der Waals surface area contributed by atoms with E-state index in [0.717, 1.165) is 11.1 Å². The summed E-state index contributed by atoms with van der Waals surface area (Å²) in [6.07, 6.45) is 0. The zero-order chi connectivity index (χ0) is 22.0. The highest BCUT2D eigenvalue weighted by atomic mass is 16.5. The van der Waals surface area contributed by atoms with Gasteiger partial charge in [-0.05, 0) is 83.9 Å². The van der Waals surface area contributed by atoms with Crippen molar-refractivity contribution in [2.75, 3.05) is 10.6 Å². The van der Waals surface area contributed by atoms with E-state index in [-0.39, 0.29) is 16.8 Å². The SMILES string of the molecule is C=C(C)C(=O)Oc1cc(-c2ccc(NC(C)(C)C)c(O)c2)ccc1NC(C)(C)C. The maximum atomic E-state index is 12.1. The van der Waals surface area contributed by atoms with Crippen molar-refractivity contribution in [3.05, 3.63) is 48.6 Å². The molecule has 29 heavy (non-hydrogen) atoms. The Hall–Kier alpha value is -2.95. The van der Waals surface area contributed by atoms with Gasteiger partial charge in [0, 0.05) is 16.7 Å². The minimum absolute atomic E-state index is 0.162. The summed E-state index contributed by atoms with van der Waals surface area (Å²) in [5.74, 6) is 0.100. The van der Waals surface area contributed by atoms with Crippen LogP contribution in [0.3, 0.4) is 0 Å². The molecule has 156 valence electrons. The summed E-state index contributed by atoms with van der Waals surface area (Å²) in [6, 6.07) is 11.1. The second kappa shape index (κ2) is 8.19.